The molecule has 0 spiro atoms. The fourth-order valence-electron chi connectivity index (χ4n) is 2.50. The Morgan fingerprint density at radius 1 is 1.19 bits per heavy atom. The molecule has 0 N–H and O–H groups in total. The number of hydrogen-bond donors (Lipinski definition) is 0. The van der Waals surface area contributed by atoms with Crippen molar-refractivity contribution in [2.75, 3.05) is 14.2 Å². The average Bonchev–Trinajstić information content (AvgIpc) is 2.89. The molecule has 0 fully saturated rings. The molecule has 21 heavy (non-hydrogen) atoms. The van der Waals surface area contributed by atoms with Gasteiger partial charge in [0.25, 0.3) is 0 Å². The fraction of sp³-hybridized carbons (Fsp3) is 0.333. The molecule has 5 nitrogen and oxygen atoms in total. The summed E-state index contributed by atoms with van der Waals surface area (Å²) in [5.74, 6) is 1.61. The van der Waals surface area contributed by atoms with E-state index in [0.29, 0.717) is 5.15 Å². The molecule has 0 amide bonds. The summed E-state index contributed by atoms with van der Waals surface area (Å²) in [6, 6.07) is 5.86. The van der Waals surface area contributed by atoms with Gasteiger partial charge in [0.1, 0.15) is 16.7 Å². The van der Waals surface area contributed by atoms with Crippen molar-refractivity contribution in [3.63, 3.8) is 0 Å². The average molecular weight is 306 g/mol. The summed E-state index contributed by atoms with van der Waals surface area (Å²) in [5, 5.41) is 0.442. The quantitative estimate of drug-likeness (QED) is 0.869. The molecule has 1 aliphatic heterocycles. The number of aromatic nitrogens is 2. The summed E-state index contributed by atoms with van der Waals surface area (Å²) in [4.78, 5) is 10.9. The first-order valence-electron chi connectivity index (χ1n) is 6.63. The Labute approximate surface area is 128 Å². The van der Waals surface area contributed by atoms with Gasteiger partial charge in [-0.05, 0) is 6.07 Å². The van der Waals surface area contributed by atoms with Crippen molar-refractivity contribution in [2.24, 2.45) is 0 Å². The maximum absolute atomic E-state index is 5.89. The van der Waals surface area contributed by atoms with Crippen LogP contribution in [-0.2, 0) is 19.6 Å². The fourth-order valence-corrected chi connectivity index (χ4v) is 2.65. The lowest BCUT2D eigenvalue weighted by Gasteiger charge is -2.17. The van der Waals surface area contributed by atoms with Crippen LogP contribution in [0.3, 0.4) is 0 Å². The second kappa shape index (κ2) is 5.87. The summed E-state index contributed by atoms with van der Waals surface area (Å²) in [7, 11) is 3.31. The highest BCUT2D eigenvalue weighted by molar-refractivity contribution is 6.29. The van der Waals surface area contributed by atoms with E-state index in [4.69, 9.17) is 21.1 Å². The molecule has 0 radical (unpaired) electrons. The highest BCUT2D eigenvalue weighted by Crippen LogP contribution is 2.28. The molecule has 0 saturated heterocycles. The van der Waals surface area contributed by atoms with Crippen LogP contribution >= 0.6 is 11.6 Å². The van der Waals surface area contributed by atoms with Crippen LogP contribution in [0.5, 0.6) is 11.5 Å². The molecule has 0 atom stereocenters. The van der Waals surface area contributed by atoms with E-state index >= 15 is 0 Å². The lowest BCUT2D eigenvalue weighted by molar-refractivity contribution is 0.267. The van der Waals surface area contributed by atoms with Crippen LogP contribution < -0.4 is 9.47 Å². The van der Waals surface area contributed by atoms with Gasteiger partial charge in [-0.2, -0.15) is 0 Å². The molecule has 110 valence electrons. The smallest absolute Gasteiger partial charge is 0.147 e. The number of benzene rings is 1. The van der Waals surface area contributed by atoms with E-state index in [2.05, 4.69) is 14.9 Å². The second-order valence-electron chi connectivity index (χ2n) is 4.91. The highest BCUT2D eigenvalue weighted by Gasteiger charge is 2.22. The van der Waals surface area contributed by atoms with E-state index in [0.717, 1.165) is 48.1 Å². The van der Waals surface area contributed by atoms with Gasteiger partial charge in [-0.3, -0.25) is 9.88 Å². The van der Waals surface area contributed by atoms with Crippen LogP contribution in [0.2, 0.25) is 5.15 Å². The third-order valence-corrected chi connectivity index (χ3v) is 3.72. The van der Waals surface area contributed by atoms with Gasteiger partial charge in [-0.1, -0.05) is 17.7 Å². The zero-order valence-electron chi connectivity index (χ0n) is 12.0. The number of fused-ring (bicyclic) bond motifs is 1. The third-order valence-electron chi connectivity index (χ3n) is 3.54. The van der Waals surface area contributed by atoms with E-state index in [1.54, 1.807) is 20.4 Å². The zero-order chi connectivity index (χ0) is 14.8. The predicted molar refractivity (Wildman–Crippen MR) is 79.5 cm³/mol. The van der Waals surface area contributed by atoms with Gasteiger partial charge in [0.15, 0.2) is 0 Å². The van der Waals surface area contributed by atoms with Crippen LogP contribution in [0.25, 0.3) is 0 Å². The van der Waals surface area contributed by atoms with Crippen molar-refractivity contribution >= 4 is 11.6 Å². The maximum Gasteiger partial charge on any atom is 0.147 e. The molecule has 2 aromatic rings. The van der Waals surface area contributed by atoms with E-state index in [1.165, 1.54) is 0 Å². The van der Waals surface area contributed by atoms with Crippen molar-refractivity contribution in [1.29, 1.82) is 0 Å². The van der Waals surface area contributed by atoms with Crippen molar-refractivity contribution in [2.45, 2.75) is 19.6 Å². The minimum Gasteiger partial charge on any atom is -0.497 e. The SMILES string of the molecule is COc1ccc(CN2Cc3ncc(Cl)nc3C2)c(OC)c1. The number of ether oxygens (including phenoxy) is 2. The van der Waals surface area contributed by atoms with Gasteiger partial charge >= 0.3 is 0 Å². The highest BCUT2D eigenvalue weighted by atomic mass is 35.5. The molecule has 0 saturated carbocycles. The van der Waals surface area contributed by atoms with Crippen molar-refractivity contribution in [3.05, 3.63) is 46.5 Å². The minimum absolute atomic E-state index is 0.442. The Morgan fingerprint density at radius 2 is 2.00 bits per heavy atom. The normalized spacial score (nSPS) is 14.0. The molecule has 0 aliphatic carbocycles. The Balaban J connectivity index is 1.77. The molecule has 1 aromatic carbocycles. The van der Waals surface area contributed by atoms with Gasteiger partial charge in [0.05, 0.1) is 31.8 Å². The summed E-state index contributed by atoms with van der Waals surface area (Å²) in [6.07, 6.45) is 1.60. The predicted octanol–water partition coefficient (Wildman–Crippen LogP) is 2.66. The lowest BCUT2D eigenvalue weighted by atomic mass is 10.2. The van der Waals surface area contributed by atoms with Crippen LogP contribution in [0.1, 0.15) is 17.0 Å². The van der Waals surface area contributed by atoms with Crippen molar-refractivity contribution in [1.82, 2.24) is 14.9 Å². The summed E-state index contributed by atoms with van der Waals surface area (Å²) >= 11 is 5.89. The first-order valence-corrected chi connectivity index (χ1v) is 7.01. The molecule has 3 rings (SSSR count). The number of methoxy groups -OCH3 is 2. The molecule has 0 bridgehead atoms. The molecular formula is C15H16ClN3O2. The molecule has 1 aromatic heterocycles. The first-order chi connectivity index (χ1) is 10.2. The minimum atomic E-state index is 0.442. The van der Waals surface area contributed by atoms with Crippen LogP contribution in [0.4, 0.5) is 0 Å². The van der Waals surface area contributed by atoms with E-state index in [9.17, 15) is 0 Å². The van der Waals surface area contributed by atoms with Crippen LogP contribution in [0.15, 0.2) is 24.4 Å². The Kier molecular flexibility index (Phi) is 3.94. The summed E-state index contributed by atoms with van der Waals surface area (Å²) in [6.45, 7) is 2.29. The largest absolute Gasteiger partial charge is 0.497 e. The van der Waals surface area contributed by atoms with Gasteiger partial charge in [0, 0.05) is 31.3 Å². The summed E-state index contributed by atoms with van der Waals surface area (Å²) in [5.41, 5.74) is 3.05. The molecule has 6 heteroatoms. The Bertz CT molecular complexity index is 663. The van der Waals surface area contributed by atoms with E-state index in [-0.39, 0.29) is 0 Å². The number of nitrogens with zero attached hydrogens (tertiary/aromatic N) is 3. The second-order valence-corrected chi connectivity index (χ2v) is 5.30. The number of halogens is 1. The van der Waals surface area contributed by atoms with E-state index < -0.39 is 0 Å². The lowest BCUT2D eigenvalue weighted by Crippen LogP contribution is -2.16. The van der Waals surface area contributed by atoms with Crippen molar-refractivity contribution < 1.29 is 9.47 Å². The van der Waals surface area contributed by atoms with Crippen molar-refractivity contribution in [3.8, 4) is 11.5 Å². The van der Waals surface area contributed by atoms with Crippen LogP contribution in [0, 0.1) is 0 Å². The van der Waals surface area contributed by atoms with Gasteiger partial charge in [-0.25, -0.2) is 4.98 Å². The topological polar surface area (TPSA) is 47.5 Å². The van der Waals surface area contributed by atoms with Gasteiger partial charge in [0.2, 0.25) is 0 Å². The number of rotatable bonds is 4. The monoisotopic (exact) mass is 305 g/mol. The zero-order valence-corrected chi connectivity index (χ0v) is 12.7. The molecular weight excluding hydrogens is 290 g/mol. The first kappa shape index (κ1) is 14.1. The van der Waals surface area contributed by atoms with Gasteiger partial charge in [-0.15, -0.1) is 0 Å². The van der Waals surface area contributed by atoms with Crippen LogP contribution in [-0.4, -0.2) is 29.1 Å². The molecule has 1 aliphatic rings. The standard InChI is InChI=1S/C15H16ClN3O2/c1-20-11-4-3-10(14(5-11)21-2)7-19-8-12-13(9-19)18-15(16)6-17-12/h3-6H,7-9H2,1-2H3. The summed E-state index contributed by atoms with van der Waals surface area (Å²) < 4.78 is 10.7. The molecule has 0 unspecified atom stereocenters. The van der Waals surface area contributed by atoms with Gasteiger partial charge < -0.3 is 9.47 Å². The molecule has 2 heterocycles. The third kappa shape index (κ3) is 2.94. The van der Waals surface area contributed by atoms with E-state index in [1.807, 2.05) is 18.2 Å². The maximum atomic E-state index is 5.89. The Hall–Kier alpha value is -1.85. The Morgan fingerprint density at radius 3 is 2.76 bits per heavy atom. The number of hydrogen-bond acceptors (Lipinski definition) is 5.